The zero-order chi connectivity index (χ0) is 12.9. The van der Waals surface area contributed by atoms with E-state index in [1.807, 2.05) is 6.07 Å². The van der Waals surface area contributed by atoms with Crippen LogP contribution in [0.2, 0.25) is 0 Å². The monoisotopic (exact) mass is 254 g/mol. The highest BCUT2D eigenvalue weighted by Gasteiger charge is 2.51. The number of furan rings is 1. The molecule has 2 bridgehead atoms. The first-order valence-corrected chi connectivity index (χ1v) is 7.10. The number of rotatable bonds is 1. The Balaban J connectivity index is 1.82. The summed E-state index contributed by atoms with van der Waals surface area (Å²) in [4.78, 5) is 0. The average Bonchev–Trinajstić information content (AvgIpc) is 2.99. The van der Waals surface area contributed by atoms with E-state index >= 15 is 0 Å². The minimum atomic E-state index is -0.702. The molecule has 1 aromatic carbocycles. The molecular weight excluding hydrogens is 236 g/mol. The summed E-state index contributed by atoms with van der Waals surface area (Å²) in [5, 5.41) is 11.3. The second-order valence-corrected chi connectivity index (χ2v) is 5.99. The summed E-state index contributed by atoms with van der Waals surface area (Å²) in [6.07, 6.45) is 7.58. The minimum absolute atomic E-state index is 0.318. The molecule has 0 aliphatic heterocycles. The van der Waals surface area contributed by atoms with E-state index in [4.69, 9.17) is 4.42 Å². The molecule has 0 radical (unpaired) electrons. The maximum absolute atomic E-state index is 11.3. The first-order chi connectivity index (χ1) is 9.28. The quantitative estimate of drug-likeness (QED) is 0.847. The highest BCUT2D eigenvalue weighted by Crippen LogP contribution is 2.52. The molecule has 19 heavy (non-hydrogen) atoms. The van der Waals surface area contributed by atoms with Gasteiger partial charge in [-0.05, 0) is 54.7 Å². The van der Waals surface area contributed by atoms with Gasteiger partial charge in [0, 0.05) is 5.56 Å². The summed E-state index contributed by atoms with van der Waals surface area (Å²) < 4.78 is 5.22. The van der Waals surface area contributed by atoms with Gasteiger partial charge in [-0.15, -0.1) is 0 Å². The van der Waals surface area contributed by atoms with Crippen molar-refractivity contribution in [3.05, 3.63) is 59.5 Å². The zero-order valence-corrected chi connectivity index (χ0v) is 10.9. The Hall–Kier alpha value is -1.54. The lowest BCUT2D eigenvalue weighted by Crippen LogP contribution is -2.36. The fourth-order valence-electron chi connectivity index (χ4n) is 4.14. The van der Waals surface area contributed by atoms with Crippen LogP contribution in [0.3, 0.4) is 0 Å². The smallest absolute Gasteiger partial charge is 0.0989 e. The Morgan fingerprint density at radius 2 is 1.63 bits per heavy atom. The van der Waals surface area contributed by atoms with E-state index in [1.165, 1.54) is 11.1 Å². The second-order valence-electron chi connectivity index (χ2n) is 5.99. The van der Waals surface area contributed by atoms with Crippen molar-refractivity contribution in [3.8, 4) is 0 Å². The summed E-state index contributed by atoms with van der Waals surface area (Å²) in [5.74, 6) is 0.637. The third-order valence-electron chi connectivity index (χ3n) is 5.14. The van der Waals surface area contributed by atoms with Gasteiger partial charge in [-0.1, -0.05) is 24.3 Å². The van der Waals surface area contributed by atoms with Gasteiger partial charge in [0.2, 0.25) is 0 Å². The molecule has 2 nitrogen and oxygen atoms in total. The third-order valence-corrected chi connectivity index (χ3v) is 5.14. The molecule has 0 amide bonds. The van der Waals surface area contributed by atoms with Crippen LogP contribution in [0.4, 0.5) is 0 Å². The molecule has 1 aromatic heterocycles. The van der Waals surface area contributed by atoms with E-state index in [-0.39, 0.29) is 0 Å². The Morgan fingerprint density at radius 3 is 2.16 bits per heavy atom. The Bertz CT molecular complexity index is 552. The Morgan fingerprint density at radius 1 is 1.00 bits per heavy atom. The highest BCUT2D eigenvalue weighted by atomic mass is 16.3. The predicted octanol–water partition coefficient (Wildman–Crippen LogP) is 3.29. The molecule has 1 heterocycles. The molecule has 2 aliphatic carbocycles. The molecule has 1 saturated carbocycles. The molecule has 2 aromatic rings. The minimum Gasteiger partial charge on any atom is -0.472 e. The van der Waals surface area contributed by atoms with Crippen LogP contribution in [0.15, 0.2) is 47.3 Å². The van der Waals surface area contributed by atoms with Gasteiger partial charge >= 0.3 is 0 Å². The third kappa shape index (κ3) is 1.53. The van der Waals surface area contributed by atoms with Crippen molar-refractivity contribution < 1.29 is 9.52 Å². The molecule has 2 unspecified atom stereocenters. The van der Waals surface area contributed by atoms with Gasteiger partial charge in [0.25, 0.3) is 0 Å². The summed E-state index contributed by atoms with van der Waals surface area (Å²) in [5.41, 5.74) is 3.09. The van der Waals surface area contributed by atoms with Gasteiger partial charge in [0.15, 0.2) is 0 Å². The number of aliphatic hydroxyl groups is 1. The SMILES string of the molecule is OC1(c2ccoc2)C2CCC1Cc1ccccc1C2. The summed E-state index contributed by atoms with van der Waals surface area (Å²) in [7, 11) is 0. The van der Waals surface area contributed by atoms with Gasteiger partial charge in [0.1, 0.15) is 0 Å². The van der Waals surface area contributed by atoms with E-state index in [0.717, 1.165) is 31.2 Å². The molecule has 2 atom stereocenters. The standard InChI is InChI=1S/C17H18O2/c18-17(16-7-8-19-11-16)14-5-6-15(17)10-13-4-2-1-3-12(13)9-14/h1-4,7-8,11,14-15,18H,5-6,9-10H2. The number of benzene rings is 1. The lowest BCUT2D eigenvalue weighted by atomic mass is 9.78. The van der Waals surface area contributed by atoms with Gasteiger partial charge in [0.05, 0.1) is 18.1 Å². The van der Waals surface area contributed by atoms with Gasteiger partial charge < -0.3 is 9.52 Å². The molecule has 0 saturated heterocycles. The van der Waals surface area contributed by atoms with Gasteiger partial charge in [-0.3, -0.25) is 0 Å². The number of hydrogen-bond acceptors (Lipinski definition) is 2. The average molecular weight is 254 g/mol. The summed E-state index contributed by atoms with van der Waals surface area (Å²) in [6, 6.07) is 10.6. The lowest BCUT2D eigenvalue weighted by Gasteiger charge is -2.32. The van der Waals surface area contributed by atoms with Crippen molar-refractivity contribution in [2.75, 3.05) is 0 Å². The van der Waals surface area contributed by atoms with E-state index in [9.17, 15) is 5.11 Å². The van der Waals surface area contributed by atoms with Crippen LogP contribution >= 0.6 is 0 Å². The number of fused-ring (bicyclic) bond motifs is 3. The van der Waals surface area contributed by atoms with Crippen LogP contribution in [0, 0.1) is 11.8 Å². The summed E-state index contributed by atoms with van der Waals surface area (Å²) >= 11 is 0. The van der Waals surface area contributed by atoms with Crippen LogP contribution in [0.5, 0.6) is 0 Å². The first kappa shape index (κ1) is 11.3. The fourth-order valence-corrected chi connectivity index (χ4v) is 4.14. The van der Waals surface area contributed by atoms with E-state index in [1.54, 1.807) is 12.5 Å². The molecular formula is C17H18O2. The maximum atomic E-state index is 11.3. The molecule has 0 spiro atoms. The van der Waals surface area contributed by atoms with Gasteiger partial charge in [-0.2, -0.15) is 0 Å². The molecule has 2 heteroatoms. The largest absolute Gasteiger partial charge is 0.472 e. The van der Waals surface area contributed by atoms with Gasteiger partial charge in [-0.25, -0.2) is 0 Å². The normalized spacial score (nSPS) is 32.9. The van der Waals surface area contributed by atoms with Crippen molar-refractivity contribution in [1.29, 1.82) is 0 Å². The highest BCUT2D eigenvalue weighted by molar-refractivity contribution is 5.34. The Labute approximate surface area is 113 Å². The summed E-state index contributed by atoms with van der Waals surface area (Å²) in [6.45, 7) is 0. The lowest BCUT2D eigenvalue weighted by molar-refractivity contribution is -0.0399. The second kappa shape index (κ2) is 3.97. The predicted molar refractivity (Wildman–Crippen MR) is 72.7 cm³/mol. The van der Waals surface area contributed by atoms with Crippen LogP contribution < -0.4 is 0 Å². The van der Waals surface area contributed by atoms with Crippen LogP contribution in [-0.4, -0.2) is 5.11 Å². The van der Waals surface area contributed by atoms with E-state index in [2.05, 4.69) is 24.3 Å². The molecule has 1 N–H and O–H groups in total. The fraction of sp³-hybridized carbons (Fsp3) is 0.412. The van der Waals surface area contributed by atoms with Crippen LogP contribution in [-0.2, 0) is 18.4 Å². The van der Waals surface area contributed by atoms with Crippen molar-refractivity contribution >= 4 is 0 Å². The molecule has 4 rings (SSSR count). The van der Waals surface area contributed by atoms with Crippen molar-refractivity contribution in [3.63, 3.8) is 0 Å². The topological polar surface area (TPSA) is 33.4 Å². The zero-order valence-electron chi connectivity index (χ0n) is 10.9. The van der Waals surface area contributed by atoms with Crippen LogP contribution in [0.25, 0.3) is 0 Å². The maximum Gasteiger partial charge on any atom is 0.0989 e. The van der Waals surface area contributed by atoms with Crippen molar-refractivity contribution in [2.24, 2.45) is 11.8 Å². The Kier molecular flexibility index (Phi) is 2.36. The molecule has 2 aliphatic rings. The van der Waals surface area contributed by atoms with E-state index in [0.29, 0.717) is 11.8 Å². The molecule has 98 valence electrons. The van der Waals surface area contributed by atoms with E-state index < -0.39 is 5.60 Å². The number of hydrogen-bond donors (Lipinski definition) is 1. The molecule has 1 fully saturated rings. The van der Waals surface area contributed by atoms with Crippen molar-refractivity contribution in [2.45, 2.75) is 31.3 Å². The van der Waals surface area contributed by atoms with Crippen molar-refractivity contribution in [1.82, 2.24) is 0 Å². The van der Waals surface area contributed by atoms with Crippen LogP contribution in [0.1, 0.15) is 29.5 Å². The first-order valence-electron chi connectivity index (χ1n) is 7.10.